The van der Waals surface area contributed by atoms with Crippen LogP contribution in [0.1, 0.15) is 35.7 Å². The molecule has 2 rings (SSSR count). The molecule has 1 saturated carbocycles. The van der Waals surface area contributed by atoms with Gasteiger partial charge in [-0.15, -0.1) is 12.4 Å². The van der Waals surface area contributed by atoms with Crippen LogP contribution in [0.15, 0.2) is 22.7 Å². The minimum atomic E-state index is -0.272. The van der Waals surface area contributed by atoms with Crippen LogP contribution in [-0.2, 0) is 0 Å². The zero-order valence-electron chi connectivity index (χ0n) is 11.2. The Morgan fingerprint density at radius 1 is 1.53 bits per heavy atom. The van der Waals surface area contributed by atoms with E-state index in [1.54, 1.807) is 0 Å². The Morgan fingerprint density at radius 2 is 2.16 bits per heavy atom. The maximum absolute atomic E-state index is 12.3. The van der Waals surface area contributed by atoms with E-state index in [1.807, 2.05) is 32.0 Å². The van der Waals surface area contributed by atoms with Crippen molar-refractivity contribution >= 4 is 34.2 Å². The monoisotopic (exact) mass is 346 g/mol. The summed E-state index contributed by atoms with van der Waals surface area (Å²) in [6.45, 7) is 4.46. The van der Waals surface area contributed by atoms with E-state index in [0.29, 0.717) is 18.0 Å². The van der Waals surface area contributed by atoms with Gasteiger partial charge in [0.2, 0.25) is 0 Å². The summed E-state index contributed by atoms with van der Waals surface area (Å²) < 4.78 is 0.916. The number of nitrogens with two attached hydrogens (primary N) is 1. The second-order valence-corrected chi connectivity index (χ2v) is 6.22. The predicted octanol–water partition coefficient (Wildman–Crippen LogP) is 3.04. The van der Waals surface area contributed by atoms with Crippen molar-refractivity contribution in [1.82, 2.24) is 5.32 Å². The lowest BCUT2D eigenvalue weighted by Gasteiger charge is -2.29. The highest BCUT2D eigenvalue weighted by molar-refractivity contribution is 9.10. The van der Waals surface area contributed by atoms with Crippen LogP contribution < -0.4 is 11.1 Å². The molecule has 1 fully saturated rings. The van der Waals surface area contributed by atoms with Gasteiger partial charge in [0.25, 0.3) is 5.91 Å². The van der Waals surface area contributed by atoms with Gasteiger partial charge in [0, 0.05) is 16.6 Å². The predicted molar refractivity (Wildman–Crippen MR) is 83.8 cm³/mol. The van der Waals surface area contributed by atoms with E-state index in [9.17, 15) is 4.79 Å². The van der Waals surface area contributed by atoms with Crippen molar-refractivity contribution in [2.75, 3.05) is 6.54 Å². The summed E-state index contributed by atoms with van der Waals surface area (Å²) in [5.41, 5.74) is 7.24. The Kier molecular flexibility index (Phi) is 5.42. The number of halogens is 2. The van der Waals surface area contributed by atoms with E-state index in [0.717, 1.165) is 22.9 Å². The van der Waals surface area contributed by atoms with Crippen molar-refractivity contribution in [3.63, 3.8) is 0 Å². The van der Waals surface area contributed by atoms with Gasteiger partial charge in [-0.2, -0.15) is 0 Å². The third kappa shape index (κ3) is 3.71. The SMILES string of the molecule is Cc1ccc(Br)cc1C(=O)NC(C)(CN)C1CC1.Cl. The van der Waals surface area contributed by atoms with Crippen molar-refractivity contribution in [2.24, 2.45) is 11.7 Å². The molecule has 0 aromatic heterocycles. The maximum Gasteiger partial charge on any atom is 0.252 e. The standard InChI is InChI=1S/C14H19BrN2O.ClH/c1-9-3-6-11(15)7-12(9)13(18)17-14(2,8-16)10-4-5-10;/h3,6-7,10H,4-5,8,16H2,1-2H3,(H,17,18);1H. The summed E-state index contributed by atoms with van der Waals surface area (Å²) in [4.78, 5) is 12.3. The molecule has 3 nitrogen and oxygen atoms in total. The van der Waals surface area contributed by atoms with Gasteiger partial charge in [-0.25, -0.2) is 0 Å². The summed E-state index contributed by atoms with van der Waals surface area (Å²) >= 11 is 3.40. The molecule has 19 heavy (non-hydrogen) atoms. The molecule has 106 valence electrons. The average Bonchev–Trinajstić information content (AvgIpc) is 3.16. The minimum Gasteiger partial charge on any atom is -0.345 e. The highest BCUT2D eigenvalue weighted by Gasteiger charge is 2.41. The Balaban J connectivity index is 0.00000180. The lowest BCUT2D eigenvalue weighted by Crippen LogP contribution is -2.53. The van der Waals surface area contributed by atoms with Crippen molar-refractivity contribution < 1.29 is 4.79 Å². The van der Waals surface area contributed by atoms with Gasteiger partial charge in [0.05, 0.1) is 5.54 Å². The summed E-state index contributed by atoms with van der Waals surface area (Å²) in [6.07, 6.45) is 2.32. The van der Waals surface area contributed by atoms with Gasteiger partial charge >= 0.3 is 0 Å². The second kappa shape index (κ2) is 6.25. The quantitative estimate of drug-likeness (QED) is 0.879. The molecule has 0 aliphatic heterocycles. The second-order valence-electron chi connectivity index (χ2n) is 5.31. The van der Waals surface area contributed by atoms with Crippen LogP contribution in [0.25, 0.3) is 0 Å². The molecule has 1 unspecified atom stereocenters. The Bertz CT molecular complexity index is 477. The number of hydrogen-bond acceptors (Lipinski definition) is 2. The number of aryl methyl sites for hydroxylation is 1. The van der Waals surface area contributed by atoms with E-state index in [2.05, 4.69) is 21.2 Å². The summed E-state index contributed by atoms with van der Waals surface area (Å²) in [6, 6.07) is 5.74. The molecule has 1 aromatic carbocycles. The summed E-state index contributed by atoms with van der Waals surface area (Å²) in [5, 5.41) is 3.10. The van der Waals surface area contributed by atoms with Crippen LogP contribution >= 0.6 is 28.3 Å². The topological polar surface area (TPSA) is 55.1 Å². The minimum absolute atomic E-state index is 0. The van der Waals surface area contributed by atoms with Crippen molar-refractivity contribution in [2.45, 2.75) is 32.2 Å². The lowest BCUT2D eigenvalue weighted by molar-refractivity contribution is 0.0897. The fraction of sp³-hybridized carbons (Fsp3) is 0.500. The molecule has 1 amide bonds. The average molecular weight is 348 g/mol. The van der Waals surface area contributed by atoms with Gasteiger partial charge in [-0.1, -0.05) is 22.0 Å². The van der Waals surface area contributed by atoms with E-state index in [4.69, 9.17) is 5.73 Å². The number of nitrogens with one attached hydrogen (secondary N) is 1. The van der Waals surface area contributed by atoms with Crippen molar-refractivity contribution in [3.8, 4) is 0 Å². The third-order valence-electron chi connectivity index (χ3n) is 3.75. The number of benzene rings is 1. The first-order chi connectivity index (χ1) is 8.46. The largest absolute Gasteiger partial charge is 0.345 e. The summed E-state index contributed by atoms with van der Waals surface area (Å²) in [5.74, 6) is 0.493. The Morgan fingerprint density at radius 3 is 2.68 bits per heavy atom. The van der Waals surface area contributed by atoms with Gasteiger partial charge < -0.3 is 11.1 Å². The van der Waals surface area contributed by atoms with Gasteiger partial charge in [0.15, 0.2) is 0 Å². The van der Waals surface area contributed by atoms with Gasteiger partial charge in [-0.05, 0) is 50.3 Å². The fourth-order valence-corrected chi connectivity index (χ4v) is 2.57. The smallest absolute Gasteiger partial charge is 0.252 e. The van der Waals surface area contributed by atoms with Crippen LogP contribution in [0.2, 0.25) is 0 Å². The number of carbonyl (C=O) groups excluding carboxylic acids is 1. The molecule has 1 aromatic rings. The molecule has 0 radical (unpaired) electrons. The van der Waals surface area contributed by atoms with Crippen LogP contribution in [-0.4, -0.2) is 18.0 Å². The molecule has 0 saturated heterocycles. The zero-order chi connectivity index (χ0) is 13.3. The van der Waals surface area contributed by atoms with E-state index < -0.39 is 0 Å². The maximum atomic E-state index is 12.3. The molecule has 0 heterocycles. The molecule has 0 bridgehead atoms. The lowest BCUT2D eigenvalue weighted by atomic mass is 9.95. The molecular weight excluding hydrogens is 328 g/mol. The fourth-order valence-electron chi connectivity index (χ4n) is 2.21. The van der Waals surface area contributed by atoms with E-state index >= 15 is 0 Å². The van der Waals surface area contributed by atoms with Gasteiger partial charge in [-0.3, -0.25) is 4.79 Å². The Labute approximate surface area is 128 Å². The van der Waals surface area contributed by atoms with Crippen LogP contribution in [0.4, 0.5) is 0 Å². The molecule has 1 aliphatic carbocycles. The molecular formula is C14H20BrClN2O. The molecule has 0 spiro atoms. The van der Waals surface area contributed by atoms with Crippen molar-refractivity contribution in [3.05, 3.63) is 33.8 Å². The Hall–Kier alpha value is -0.580. The number of carbonyl (C=O) groups is 1. The van der Waals surface area contributed by atoms with Crippen LogP contribution in [0.3, 0.4) is 0 Å². The highest BCUT2D eigenvalue weighted by atomic mass is 79.9. The molecule has 3 N–H and O–H groups in total. The van der Waals surface area contributed by atoms with E-state index in [-0.39, 0.29) is 23.9 Å². The first-order valence-corrected chi connectivity index (χ1v) is 7.04. The summed E-state index contributed by atoms with van der Waals surface area (Å²) in [7, 11) is 0. The first-order valence-electron chi connectivity index (χ1n) is 6.25. The zero-order valence-corrected chi connectivity index (χ0v) is 13.6. The number of amides is 1. The van der Waals surface area contributed by atoms with Crippen LogP contribution in [0, 0.1) is 12.8 Å². The van der Waals surface area contributed by atoms with E-state index in [1.165, 1.54) is 0 Å². The van der Waals surface area contributed by atoms with Crippen molar-refractivity contribution in [1.29, 1.82) is 0 Å². The number of rotatable bonds is 4. The first kappa shape index (κ1) is 16.5. The van der Waals surface area contributed by atoms with Gasteiger partial charge in [0.1, 0.15) is 0 Å². The number of hydrogen-bond donors (Lipinski definition) is 2. The molecule has 1 aliphatic rings. The molecule has 1 atom stereocenters. The molecule has 5 heteroatoms. The highest BCUT2D eigenvalue weighted by Crippen LogP contribution is 2.39. The normalized spacial score (nSPS) is 17.3. The van der Waals surface area contributed by atoms with Crippen LogP contribution in [0.5, 0.6) is 0 Å². The third-order valence-corrected chi connectivity index (χ3v) is 4.24.